The molecule has 2 heterocycles. The fourth-order valence-corrected chi connectivity index (χ4v) is 4.50. The first-order valence-electron chi connectivity index (χ1n) is 11.2. The molecule has 168 valence electrons. The molecule has 0 bridgehead atoms. The van der Waals surface area contributed by atoms with Crippen LogP contribution >= 0.6 is 0 Å². The van der Waals surface area contributed by atoms with Gasteiger partial charge in [-0.15, -0.1) is 0 Å². The Morgan fingerprint density at radius 2 is 1.91 bits per heavy atom. The van der Waals surface area contributed by atoms with Gasteiger partial charge in [-0.3, -0.25) is 4.79 Å². The molecule has 3 aromatic rings. The Kier molecular flexibility index (Phi) is 6.24. The number of nitrogens with one attached hydrogen (secondary N) is 1. The minimum absolute atomic E-state index is 0.0718. The van der Waals surface area contributed by atoms with E-state index in [9.17, 15) is 9.90 Å². The van der Waals surface area contributed by atoms with E-state index in [0.29, 0.717) is 23.4 Å². The van der Waals surface area contributed by atoms with Crippen LogP contribution in [0.4, 0.5) is 0 Å². The maximum absolute atomic E-state index is 13.1. The maximum atomic E-state index is 13.1. The zero-order chi connectivity index (χ0) is 22.8. The van der Waals surface area contributed by atoms with Crippen LogP contribution < -0.4 is 19.5 Å². The Morgan fingerprint density at radius 3 is 2.59 bits per heavy atom. The molecule has 32 heavy (non-hydrogen) atoms. The monoisotopic (exact) mass is 434 g/mol. The highest BCUT2D eigenvalue weighted by Gasteiger charge is 2.31. The highest BCUT2D eigenvalue weighted by Crippen LogP contribution is 2.39. The molecule has 0 radical (unpaired) electrons. The van der Waals surface area contributed by atoms with Gasteiger partial charge in [0, 0.05) is 35.3 Å². The molecule has 0 atom stereocenters. The number of aromatic nitrogens is 1. The molecular formula is C26H30N2O4. The molecule has 0 fully saturated rings. The van der Waals surface area contributed by atoms with Gasteiger partial charge in [0.25, 0.3) is 0 Å². The highest BCUT2D eigenvalue weighted by atomic mass is 16.5. The smallest absolute Gasteiger partial charge is 0.231 e. The number of allylic oxidation sites excluding steroid dienone is 1. The van der Waals surface area contributed by atoms with E-state index < -0.39 is 0 Å². The second kappa shape index (κ2) is 9.09. The van der Waals surface area contributed by atoms with Crippen LogP contribution in [0.5, 0.6) is 17.2 Å². The third-order valence-electron chi connectivity index (χ3n) is 6.05. The Morgan fingerprint density at radius 1 is 1.16 bits per heavy atom. The van der Waals surface area contributed by atoms with Crippen LogP contribution in [-0.2, 0) is 13.6 Å². The van der Waals surface area contributed by atoms with E-state index in [4.69, 9.17) is 9.47 Å². The molecule has 0 unspecified atom stereocenters. The van der Waals surface area contributed by atoms with Crippen molar-refractivity contribution in [3.63, 3.8) is 0 Å². The van der Waals surface area contributed by atoms with Gasteiger partial charge in [0.05, 0.1) is 25.8 Å². The summed E-state index contributed by atoms with van der Waals surface area (Å²) in [6, 6.07) is 8.94. The number of ketones is 1. The van der Waals surface area contributed by atoms with Gasteiger partial charge in [0.15, 0.2) is 5.76 Å². The zero-order valence-corrected chi connectivity index (χ0v) is 19.2. The lowest BCUT2D eigenvalue weighted by atomic mass is 10.0. The number of hydrogen-bond donors (Lipinski definition) is 1. The summed E-state index contributed by atoms with van der Waals surface area (Å²) in [7, 11) is 3.59. The highest BCUT2D eigenvalue weighted by molar-refractivity contribution is 6.15. The van der Waals surface area contributed by atoms with Crippen LogP contribution in [0.1, 0.15) is 48.2 Å². The van der Waals surface area contributed by atoms with Crippen molar-refractivity contribution < 1.29 is 24.3 Å². The van der Waals surface area contributed by atoms with Crippen LogP contribution in [-0.4, -0.2) is 30.5 Å². The number of benzene rings is 2. The molecular weight excluding hydrogens is 404 g/mol. The van der Waals surface area contributed by atoms with Crippen LogP contribution in [0.25, 0.3) is 17.0 Å². The van der Waals surface area contributed by atoms with Gasteiger partial charge in [-0.05, 0) is 43.2 Å². The number of rotatable bonds is 8. The van der Waals surface area contributed by atoms with Gasteiger partial charge < -0.3 is 24.0 Å². The second-order valence-electron chi connectivity index (χ2n) is 8.36. The molecule has 2 aromatic carbocycles. The van der Waals surface area contributed by atoms with Crippen LogP contribution in [0.15, 0.2) is 42.3 Å². The third kappa shape index (κ3) is 3.98. The van der Waals surface area contributed by atoms with Crippen molar-refractivity contribution in [3.05, 3.63) is 59.0 Å². The van der Waals surface area contributed by atoms with Gasteiger partial charge in [0.1, 0.15) is 18.0 Å². The maximum Gasteiger partial charge on any atom is 0.231 e. The fraction of sp³-hybridized carbons (Fsp3) is 0.346. The van der Waals surface area contributed by atoms with E-state index >= 15 is 0 Å². The molecule has 1 aliphatic heterocycles. The number of ether oxygens (including phenoxy) is 2. The fourth-order valence-electron chi connectivity index (χ4n) is 4.50. The van der Waals surface area contributed by atoms with Crippen molar-refractivity contribution in [2.75, 3.05) is 20.2 Å². The van der Waals surface area contributed by atoms with Crippen LogP contribution in [0.3, 0.4) is 0 Å². The lowest BCUT2D eigenvalue weighted by molar-refractivity contribution is -0.914. The van der Waals surface area contributed by atoms with Crippen LogP contribution in [0, 0.1) is 0 Å². The average molecular weight is 435 g/mol. The summed E-state index contributed by atoms with van der Waals surface area (Å²) in [6.45, 7) is 6.80. The molecule has 4 rings (SSSR count). The topological polar surface area (TPSA) is 68.0 Å². The molecule has 0 amide bonds. The van der Waals surface area contributed by atoms with Gasteiger partial charge in [-0.25, -0.2) is 0 Å². The van der Waals surface area contributed by atoms with E-state index in [2.05, 4.69) is 13.8 Å². The molecule has 1 aliphatic rings. The number of methoxy groups -OCH3 is 1. The van der Waals surface area contributed by atoms with Crippen molar-refractivity contribution in [2.45, 2.75) is 33.2 Å². The Balaban J connectivity index is 1.72. The van der Waals surface area contributed by atoms with Crippen molar-refractivity contribution in [2.24, 2.45) is 7.05 Å². The van der Waals surface area contributed by atoms with E-state index in [1.54, 1.807) is 19.3 Å². The minimum atomic E-state index is -0.186. The standard InChI is InChI=1S/C26H30N2O4/c1-5-11-28(12-6-2)16-21-23(29)10-8-19-25(30)24(32-26(19)21)13-17-15-27(3)22-9-7-18(31-4)14-20(17)22/h7-10,13-15,29H,5-6,11-12,16H2,1-4H3/b24-13-. The Bertz CT molecular complexity index is 1190. The number of Topliss-reactive ketones (excluding diaryl/α,β-unsaturated/α-hetero) is 1. The molecule has 6 heteroatoms. The lowest BCUT2D eigenvalue weighted by Crippen LogP contribution is -3.10. The second-order valence-corrected chi connectivity index (χ2v) is 8.36. The summed E-state index contributed by atoms with van der Waals surface area (Å²) in [5.41, 5.74) is 2.96. The van der Waals surface area contributed by atoms with E-state index in [1.807, 2.05) is 36.0 Å². The Hall–Kier alpha value is -3.25. The van der Waals surface area contributed by atoms with Gasteiger partial charge in [0.2, 0.25) is 5.78 Å². The summed E-state index contributed by atoms with van der Waals surface area (Å²) >= 11 is 0. The largest absolute Gasteiger partial charge is 0.872 e. The normalized spacial score (nSPS) is 14.4. The number of hydrogen-bond acceptors (Lipinski definition) is 4. The predicted octanol–water partition coefficient (Wildman–Crippen LogP) is 3.08. The molecule has 0 saturated heterocycles. The molecule has 0 aliphatic carbocycles. The third-order valence-corrected chi connectivity index (χ3v) is 6.05. The summed E-state index contributed by atoms with van der Waals surface area (Å²) in [6.07, 6.45) is 5.80. The number of quaternary nitrogens is 1. The van der Waals surface area contributed by atoms with Crippen molar-refractivity contribution >= 4 is 22.8 Å². The molecule has 0 spiro atoms. The zero-order valence-electron chi connectivity index (χ0n) is 19.2. The van der Waals surface area contributed by atoms with Crippen molar-refractivity contribution in [3.8, 4) is 17.2 Å². The molecule has 0 saturated carbocycles. The minimum Gasteiger partial charge on any atom is -0.872 e. The number of aryl methyl sites for hydroxylation is 1. The lowest BCUT2D eigenvalue weighted by Gasteiger charge is -2.23. The van der Waals surface area contributed by atoms with Gasteiger partial charge in [-0.1, -0.05) is 25.7 Å². The SMILES string of the molecule is CCC[NH+](CCC)Cc1c([O-])ccc2c1O/C(=C\c1cn(C)c3ccc(OC)cc13)C2=O. The summed E-state index contributed by atoms with van der Waals surface area (Å²) in [5, 5.41) is 13.7. The summed E-state index contributed by atoms with van der Waals surface area (Å²) < 4.78 is 13.4. The molecule has 1 N–H and O–H groups in total. The van der Waals surface area contributed by atoms with Gasteiger partial charge in [-0.2, -0.15) is 0 Å². The number of fused-ring (bicyclic) bond motifs is 2. The summed E-state index contributed by atoms with van der Waals surface area (Å²) in [5.74, 6) is 1.16. The quantitative estimate of drug-likeness (QED) is 0.554. The average Bonchev–Trinajstić information content (AvgIpc) is 3.27. The first-order chi connectivity index (χ1) is 15.5. The Labute approximate surface area is 188 Å². The van der Waals surface area contributed by atoms with Gasteiger partial charge >= 0.3 is 0 Å². The van der Waals surface area contributed by atoms with E-state index in [-0.39, 0.29) is 17.3 Å². The number of nitrogens with zero attached hydrogens (tertiary/aromatic N) is 1. The van der Waals surface area contributed by atoms with Crippen LogP contribution in [0.2, 0.25) is 0 Å². The number of carbonyl (C=O) groups excluding carboxylic acids is 1. The predicted molar refractivity (Wildman–Crippen MR) is 123 cm³/mol. The summed E-state index contributed by atoms with van der Waals surface area (Å²) in [4.78, 5) is 14.5. The molecule has 1 aromatic heterocycles. The van der Waals surface area contributed by atoms with E-state index in [1.165, 1.54) is 11.0 Å². The molecule has 6 nitrogen and oxygen atoms in total. The van der Waals surface area contributed by atoms with E-state index in [0.717, 1.165) is 48.1 Å². The van der Waals surface area contributed by atoms with Crippen molar-refractivity contribution in [1.29, 1.82) is 0 Å². The van der Waals surface area contributed by atoms with Crippen molar-refractivity contribution in [1.82, 2.24) is 4.57 Å². The first kappa shape index (κ1) is 22.0. The first-order valence-corrected chi connectivity index (χ1v) is 11.2. The number of carbonyl (C=O) groups is 1.